The molecule has 1 aromatic carbocycles. The van der Waals surface area contributed by atoms with Crippen LogP contribution in [0.4, 0.5) is 0 Å². The molecule has 2 unspecified atom stereocenters. The van der Waals surface area contributed by atoms with Crippen LogP contribution in [-0.4, -0.2) is 12.6 Å². The molecule has 1 heteroatoms. The summed E-state index contributed by atoms with van der Waals surface area (Å²) in [6.45, 7) is 8.12. The second kappa shape index (κ2) is 7.09. The summed E-state index contributed by atoms with van der Waals surface area (Å²) < 4.78 is 0. The standard InChI is InChI=1S/C18H29N/c1-4-10-19-18(11-14(3)5-2)17-12-15-8-6-7-9-16(15)13-17/h6-9,14,17-19H,4-5,10-13H2,1-3H3. The number of benzene rings is 1. The monoisotopic (exact) mass is 259 g/mol. The first-order valence-corrected chi connectivity index (χ1v) is 8.04. The summed E-state index contributed by atoms with van der Waals surface area (Å²) in [5, 5.41) is 3.81. The van der Waals surface area contributed by atoms with E-state index in [-0.39, 0.29) is 0 Å². The Labute approximate surface area is 118 Å². The van der Waals surface area contributed by atoms with E-state index in [4.69, 9.17) is 0 Å². The van der Waals surface area contributed by atoms with Crippen LogP contribution in [0.3, 0.4) is 0 Å². The maximum atomic E-state index is 3.81. The Kier molecular flexibility index (Phi) is 5.45. The van der Waals surface area contributed by atoms with E-state index in [1.54, 1.807) is 11.1 Å². The van der Waals surface area contributed by atoms with E-state index in [1.165, 1.54) is 32.1 Å². The zero-order chi connectivity index (χ0) is 13.7. The van der Waals surface area contributed by atoms with Crippen LogP contribution in [-0.2, 0) is 12.8 Å². The van der Waals surface area contributed by atoms with Gasteiger partial charge in [-0.3, -0.25) is 0 Å². The minimum Gasteiger partial charge on any atom is -0.314 e. The molecular formula is C18H29N. The maximum absolute atomic E-state index is 3.81. The Hall–Kier alpha value is -0.820. The Morgan fingerprint density at radius 3 is 2.32 bits per heavy atom. The minimum absolute atomic E-state index is 0.697. The Morgan fingerprint density at radius 2 is 1.79 bits per heavy atom. The molecule has 0 bridgehead atoms. The highest BCUT2D eigenvalue weighted by Gasteiger charge is 2.28. The highest BCUT2D eigenvalue weighted by Crippen LogP contribution is 2.31. The smallest absolute Gasteiger partial charge is 0.0104 e. The average Bonchev–Trinajstić information content (AvgIpc) is 2.86. The predicted octanol–water partition coefficient (Wildman–Crippen LogP) is 4.21. The van der Waals surface area contributed by atoms with Gasteiger partial charge in [-0.1, -0.05) is 51.5 Å². The first-order chi connectivity index (χ1) is 9.24. The van der Waals surface area contributed by atoms with Gasteiger partial charge in [0, 0.05) is 6.04 Å². The molecule has 2 rings (SSSR count). The van der Waals surface area contributed by atoms with Gasteiger partial charge in [-0.25, -0.2) is 0 Å². The maximum Gasteiger partial charge on any atom is 0.0104 e. The molecule has 0 aromatic heterocycles. The molecule has 2 atom stereocenters. The normalized spacial score (nSPS) is 18.3. The van der Waals surface area contributed by atoms with E-state index in [0.717, 1.165) is 18.4 Å². The highest BCUT2D eigenvalue weighted by molar-refractivity contribution is 5.32. The second-order valence-electron chi connectivity index (χ2n) is 6.25. The van der Waals surface area contributed by atoms with Gasteiger partial charge in [0.2, 0.25) is 0 Å². The van der Waals surface area contributed by atoms with Gasteiger partial charge in [0.1, 0.15) is 0 Å². The average molecular weight is 259 g/mol. The van der Waals surface area contributed by atoms with E-state index in [1.807, 2.05) is 0 Å². The fourth-order valence-electron chi connectivity index (χ4n) is 3.25. The third-order valence-corrected chi connectivity index (χ3v) is 4.66. The van der Waals surface area contributed by atoms with Crippen molar-refractivity contribution in [2.75, 3.05) is 6.54 Å². The van der Waals surface area contributed by atoms with Crippen LogP contribution in [0.2, 0.25) is 0 Å². The lowest BCUT2D eigenvalue weighted by molar-refractivity contribution is 0.302. The highest BCUT2D eigenvalue weighted by atomic mass is 14.9. The SMILES string of the molecule is CCCNC(CC(C)CC)C1Cc2ccccc2C1. The van der Waals surface area contributed by atoms with Crippen LogP contribution in [0.5, 0.6) is 0 Å². The van der Waals surface area contributed by atoms with E-state index < -0.39 is 0 Å². The number of rotatable bonds is 7. The third kappa shape index (κ3) is 3.82. The van der Waals surface area contributed by atoms with Gasteiger partial charge in [0.05, 0.1) is 0 Å². The molecule has 1 N–H and O–H groups in total. The zero-order valence-electron chi connectivity index (χ0n) is 12.8. The van der Waals surface area contributed by atoms with Crippen molar-refractivity contribution in [3.63, 3.8) is 0 Å². The molecule has 1 aliphatic carbocycles. The largest absolute Gasteiger partial charge is 0.314 e. The lowest BCUT2D eigenvalue weighted by Crippen LogP contribution is -2.38. The summed E-state index contributed by atoms with van der Waals surface area (Å²) >= 11 is 0. The molecule has 0 heterocycles. The number of hydrogen-bond donors (Lipinski definition) is 1. The number of hydrogen-bond acceptors (Lipinski definition) is 1. The van der Waals surface area contributed by atoms with Gasteiger partial charge < -0.3 is 5.32 Å². The molecule has 0 fully saturated rings. The van der Waals surface area contributed by atoms with Crippen LogP contribution in [0.25, 0.3) is 0 Å². The van der Waals surface area contributed by atoms with Crippen molar-refractivity contribution < 1.29 is 0 Å². The molecule has 0 amide bonds. The van der Waals surface area contributed by atoms with Crippen LogP contribution in [0.15, 0.2) is 24.3 Å². The van der Waals surface area contributed by atoms with Gasteiger partial charge in [-0.15, -0.1) is 0 Å². The first-order valence-electron chi connectivity index (χ1n) is 8.04. The summed E-state index contributed by atoms with van der Waals surface area (Å²) in [6.07, 6.45) is 6.40. The van der Waals surface area contributed by atoms with Crippen molar-refractivity contribution in [1.29, 1.82) is 0 Å². The Morgan fingerprint density at radius 1 is 1.16 bits per heavy atom. The molecule has 19 heavy (non-hydrogen) atoms. The Balaban J connectivity index is 1.99. The third-order valence-electron chi connectivity index (χ3n) is 4.66. The van der Waals surface area contributed by atoms with Crippen molar-refractivity contribution >= 4 is 0 Å². The molecular weight excluding hydrogens is 230 g/mol. The fourth-order valence-corrected chi connectivity index (χ4v) is 3.25. The van der Waals surface area contributed by atoms with E-state index >= 15 is 0 Å². The topological polar surface area (TPSA) is 12.0 Å². The van der Waals surface area contributed by atoms with Crippen LogP contribution in [0.1, 0.15) is 51.2 Å². The van der Waals surface area contributed by atoms with Gasteiger partial charge >= 0.3 is 0 Å². The van der Waals surface area contributed by atoms with Crippen molar-refractivity contribution in [3.05, 3.63) is 35.4 Å². The number of fused-ring (bicyclic) bond motifs is 1. The lowest BCUT2D eigenvalue weighted by atomic mass is 9.88. The summed E-state index contributed by atoms with van der Waals surface area (Å²) in [7, 11) is 0. The van der Waals surface area contributed by atoms with E-state index in [2.05, 4.69) is 50.4 Å². The molecule has 1 aliphatic rings. The summed E-state index contributed by atoms with van der Waals surface area (Å²) in [6, 6.07) is 9.70. The molecule has 0 spiro atoms. The lowest BCUT2D eigenvalue weighted by Gasteiger charge is -2.27. The molecule has 106 valence electrons. The van der Waals surface area contributed by atoms with E-state index in [0.29, 0.717) is 6.04 Å². The molecule has 1 nitrogen and oxygen atoms in total. The minimum atomic E-state index is 0.697. The van der Waals surface area contributed by atoms with Crippen molar-refractivity contribution in [2.45, 2.75) is 58.9 Å². The van der Waals surface area contributed by atoms with Crippen molar-refractivity contribution in [1.82, 2.24) is 5.32 Å². The quantitative estimate of drug-likeness (QED) is 0.773. The summed E-state index contributed by atoms with van der Waals surface area (Å²) in [5.74, 6) is 1.64. The van der Waals surface area contributed by atoms with Crippen molar-refractivity contribution in [3.8, 4) is 0 Å². The van der Waals surface area contributed by atoms with Crippen LogP contribution in [0, 0.1) is 11.8 Å². The zero-order valence-corrected chi connectivity index (χ0v) is 12.8. The fraction of sp³-hybridized carbons (Fsp3) is 0.667. The van der Waals surface area contributed by atoms with Crippen LogP contribution < -0.4 is 5.32 Å². The van der Waals surface area contributed by atoms with Gasteiger partial charge in [0.15, 0.2) is 0 Å². The van der Waals surface area contributed by atoms with E-state index in [9.17, 15) is 0 Å². The van der Waals surface area contributed by atoms with Crippen molar-refractivity contribution in [2.24, 2.45) is 11.8 Å². The van der Waals surface area contributed by atoms with Gasteiger partial charge in [-0.2, -0.15) is 0 Å². The molecule has 1 aromatic rings. The molecule has 0 aliphatic heterocycles. The summed E-state index contributed by atoms with van der Waals surface area (Å²) in [5.41, 5.74) is 3.17. The first kappa shape index (κ1) is 14.6. The summed E-state index contributed by atoms with van der Waals surface area (Å²) in [4.78, 5) is 0. The number of nitrogens with one attached hydrogen (secondary N) is 1. The second-order valence-corrected chi connectivity index (χ2v) is 6.25. The van der Waals surface area contributed by atoms with Gasteiger partial charge in [0.25, 0.3) is 0 Å². The molecule has 0 saturated carbocycles. The van der Waals surface area contributed by atoms with Crippen LogP contribution >= 0.6 is 0 Å². The molecule has 0 radical (unpaired) electrons. The predicted molar refractivity (Wildman–Crippen MR) is 83.5 cm³/mol. The molecule has 0 saturated heterocycles. The Bertz CT molecular complexity index is 360. The van der Waals surface area contributed by atoms with Gasteiger partial charge in [-0.05, 0) is 55.2 Å².